The highest BCUT2D eigenvalue weighted by Crippen LogP contribution is 2.27. The first-order valence-corrected chi connectivity index (χ1v) is 7.82. The molecule has 1 amide bonds. The number of anilines is 1. The Morgan fingerprint density at radius 2 is 2.14 bits per heavy atom. The minimum atomic E-state index is 0.00866. The third kappa shape index (κ3) is 6.36. The Bertz CT molecular complexity index is 446. The number of hydrogen-bond donors (Lipinski definition) is 2. The number of carbonyl (C=O) groups is 1. The van der Waals surface area contributed by atoms with Gasteiger partial charge in [0.2, 0.25) is 5.91 Å². The van der Waals surface area contributed by atoms with Crippen molar-refractivity contribution in [3.05, 3.63) is 23.2 Å². The summed E-state index contributed by atoms with van der Waals surface area (Å²) in [6.07, 6.45) is 4.61. The van der Waals surface area contributed by atoms with E-state index in [0.717, 1.165) is 25.7 Å². The van der Waals surface area contributed by atoms with Gasteiger partial charge in [-0.15, -0.1) is 0 Å². The number of carbonyl (C=O) groups excluding carboxylic acids is 1. The highest BCUT2D eigenvalue weighted by molar-refractivity contribution is 6.32. The van der Waals surface area contributed by atoms with Gasteiger partial charge in [-0.05, 0) is 43.5 Å². The Labute approximate surface area is 132 Å². The molecule has 0 radical (unpaired) electrons. The van der Waals surface area contributed by atoms with Crippen LogP contribution in [0.4, 0.5) is 5.69 Å². The fourth-order valence-corrected chi connectivity index (χ4v) is 2.64. The Kier molecular flexibility index (Phi) is 8.16. The molecule has 0 saturated carbocycles. The lowest BCUT2D eigenvalue weighted by molar-refractivity contribution is -0.116. The van der Waals surface area contributed by atoms with Gasteiger partial charge in [0.25, 0.3) is 0 Å². The number of halogens is 1. The summed E-state index contributed by atoms with van der Waals surface area (Å²) in [7, 11) is 1.56. The Balaban J connectivity index is 2.47. The maximum absolute atomic E-state index is 12.0. The third-order valence-electron chi connectivity index (χ3n) is 3.49. The molecular weight excluding hydrogens is 288 g/mol. The van der Waals surface area contributed by atoms with Crippen LogP contribution >= 0.6 is 11.6 Å². The molecule has 0 bridgehead atoms. The number of amides is 1. The summed E-state index contributed by atoms with van der Waals surface area (Å²) in [5, 5.41) is 3.35. The number of ether oxygens (including phenoxy) is 1. The van der Waals surface area contributed by atoms with E-state index in [-0.39, 0.29) is 5.91 Å². The van der Waals surface area contributed by atoms with E-state index in [9.17, 15) is 4.79 Å². The monoisotopic (exact) mass is 312 g/mol. The molecule has 4 nitrogen and oxygen atoms in total. The summed E-state index contributed by atoms with van der Waals surface area (Å²) in [6.45, 7) is 2.84. The predicted molar refractivity (Wildman–Crippen MR) is 87.9 cm³/mol. The maximum atomic E-state index is 12.0. The van der Waals surface area contributed by atoms with Crippen LogP contribution in [-0.2, 0) is 4.79 Å². The van der Waals surface area contributed by atoms with Crippen LogP contribution < -0.4 is 15.8 Å². The quantitative estimate of drug-likeness (QED) is 0.728. The van der Waals surface area contributed by atoms with Gasteiger partial charge in [0.15, 0.2) is 0 Å². The summed E-state index contributed by atoms with van der Waals surface area (Å²) >= 11 is 6.03. The predicted octanol–water partition coefficient (Wildman–Crippen LogP) is 3.83. The van der Waals surface area contributed by atoms with Crippen LogP contribution in [0.5, 0.6) is 5.75 Å². The summed E-state index contributed by atoms with van der Waals surface area (Å²) in [5.41, 5.74) is 6.30. The fraction of sp³-hybridized carbons (Fsp3) is 0.562. The average Bonchev–Trinajstić information content (AvgIpc) is 2.45. The minimum absolute atomic E-state index is 0.00866. The molecule has 0 spiro atoms. The zero-order valence-electron chi connectivity index (χ0n) is 12.8. The lowest BCUT2D eigenvalue weighted by Crippen LogP contribution is -2.15. The average molecular weight is 313 g/mol. The van der Waals surface area contributed by atoms with Gasteiger partial charge < -0.3 is 15.8 Å². The number of methoxy groups -OCH3 is 1. The van der Waals surface area contributed by atoms with Crippen LogP contribution in [0.25, 0.3) is 0 Å². The van der Waals surface area contributed by atoms with E-state index >= 15 is 0 Å². The van der Waals surface area contributed by atoms with E-state index in [4.69, 9.17) is 22.1 Å². The lowest BCUT2D eigenvalue weighted by Gasteiger charge is -2.14. The molecule has 1 atom stereocenters. The molecule has 1 aromatic rings. The molecule has 0 saturated heterocycles. The molecule has 3 N–H and O–H groups in total. The van der Waals surface area contributed by atoms with E-state index in [1.165, 1.54) is 0 Å². The molecule has 0 aromatic heterocycles. The zero-order valence-corrected chi connectivity index (χ0v) is 13.6. The Morgan fingerprint density at radius 1 is 1.38 bits per heavy atom. The number of rotatable bonds is 9. The molecular formula is C16H25ClN2O2. The number of nitrogens with one attached hydrogen (secondary N) is 1. The summed E-state index contributed by atoms with van der Waals surface area (Å²) in [5.74, 6) is 1.14. The summed E-state index contributed by atoms with van der Waals surface area (Å²) in [6, 6.07) is 5.22. The number of benzene rings is 1. The molecule has 0 aliphatic heterocycles. The van der Waals surface area contributed by atoms with Crippen LogP contribution in [0.1, 0.15) is 39.0 Å². The normalized spacial score (nSPS) is 12.0. The fourth-order valence-electron chi connectivity index (χ4n) is 2.38. The minimum Gasteiger partial charge on any atom is -0.495 e. The summed E-state index contributed by atoms with van der Waals surface area (Å²) in [4.78, 5) is 12.0. The first-order chi connectivity index (χ1) is 10.1. The van der Waals surface area contributed by atoms with Crippen LogP contribution in [0.2, 0.25) is 5.02 Å². The largest absolute Gasteiger partial charge is 0.495 e. The van der Waals surface area contributed by atoms with Crippen LogP contribution in [-0.4, -0.2) is 19.6 Å². The van der Waals surface area contributed by atoms with Crippen LogP contribution in [0, 0.1) is 5.92 Å². The van der Waals surface area contributed by atoms with Crippen molar-refractivity contribution >= 4 is 23.2 Å². The molecule has 21 heavy (non-hydrogen) atoms. The van der Waals surface area contributed by atoms with Crippen molar-refractivity contribution in [2.75, 3.05) is 19.0 Å². The maximum Gasteiger partial charge on any atom is 0.224 e. The van der Waals surface area contributed by atoms with E-state index in [0.29, 0.717) is 35.3 Å². The standard InChI is InChI=1S/C16H25ClN2O2/c1-3-4-12(9-10-18)5-8-16(20)19-13-6-7-15(21-2)14(17)11-13/h6-7,11-12H,3-5,8-10,18H2,1-2H3,(H,19,20). The number of nitrogens with two attached hydrogens (primary N) is 1. The van der Waals surface area contributed by atoms with Crippen molar-refractivity contribution in [2.45, 2.75) is 39.0 Å². The van der Waals surface area contributed by atoms with E-state index in [2.05, 4.69) is 12.2 Å². The van der Waals surface area contributed by atoms with Crippen molar-refractivity contribution in [2.24, 2.45) is 11.7 Å². The lowest BCUT2D eigenvalue weighted by atomic mass is 9.94. The van der Waals surface area contributed by atoms with E-state index in [1.54, 1.807) is 25.3 Å². The van der Waals surface area contributed by atoms with Gasteiger partial charge in [-0.3, -0.25) is 4.79 Å². The van der Waals surface area contributed by atoms with Crippen molar-refractivity contribution < 1.29 is 9.53 Å². The van der Waals surface area contributed by atoms with Gasteiger partial charge in [0.1, 0.15) is 5.75 Å². The molecule has 1 aromatic carbocycles. The van der Waals surface area contributed by atoms with Crippen molar-refractivity contribution in [1.82, 2.24) is 0 Å². The molecule has 0 aliphatic rings. The molecule has 1 rings (SSSR count). The van der Waals surface area contributed by atoms with Crippen LogP contribution in [0.3, 0.4) is 0 Å². The van der Waals surface area contributed by atoms with Crippen LogP contribution in [0.15, 0.2) is 18.2 Å². The Morgan fingerprint density at radius 3 is 2.71 bits per heavy atom. The number of hydrogen-bond acceptors (Lipinski definition) is 3. The molecule has 0 aliphatic carbocycles. The second kappa shape index (κ2) is 9.64. The molecule has 5 heteroatoms. The molecule has 0 fully saturated rings. The topological polar surface area (TPSA) is 64.4 Å². The second-order valence-corrected chi connectivity index (χ2v) is 5.58. The Hall–Kier alpha value is -1.26. The third-order valence-corrected chi connectivity index (χ3v) is 3.78. The van der Waals surface area contributed by atoms with Crippen molar-refractivity contribution in [3.8, 4) is 5.75 Å². The highest BCUT2D eigenvalue weighted by Gasteiger charge is 2.11. The second-order valence-electron chi connectivity index (χ2n) is 5.17. The van der Waals surface area contributed by atoms with E-state index < -0.39 is 0 Å². The molecule has 0 heterocycles. The van der Waals surface area contributed by atoms with Gasteiger partial charge in [-0.1, -0.05) is 31.4 Å². The first kappa shape index (κ1) is 17.8. The van der Waals surface area contributed by atoms with Crippen molar-refractivity contribution in [3.63, 3.8) is 0 Å². The van der Waals surface area contributed by atoms with E-state index in [1.807, 2.05) is 0 Å². The van der Waals surface area contributed by atoms with Gasteiger partial charge in [0, 0.05) is 12.1 Å². The van der Waals surface area contributed by atoms with Gasteiger partial charge in [-0.2, -0.15) is 0 Å². The zero-order chi connectivity index (χ0) is 15.7. The molecule has 1 unspecified atom stereocenters. The first-order valence-electron chi connectivity index (χ1n) is 7.44. The van der Waals surface area contributed by atoms with Crippen molar-refractivity contribution in [1.29, 1.82) is 0 Å². The summed E-state index contributed by atoms with van der Waals surface area (Å²) < 4.78 is 5.08. The van der Waals surface area contributed by atoms with Gasteiger partial charge in [-0.25, -0.2) is 0 Å². The molecule has 118 valence electrons. The highest BCUT2D eigenvalue weighted by atomic mass is 35.5. The SMILES string of the molecule is CCCC(CCN)CCC(=O)Nc1ccc(OC)c(Cl)c1. The van der Waals surface area contributed by atoms with Gasteiger partial charge in [0.05, 0.1) is 12.1 Å². The smallest absolute Gasteiger partial charge is 0.224 e. The van der Waals surface area contributed by atoms with Gasteiger partial charge >= 0.3 is 0 Å².